The third-order valence-electron chi connectivity index (χ3n) is 6.36. The predicted molar refractivity (Wildman–Crippen MR) is 128 cm³/mol. The van der Waals surface area contributed by atoms with Crippen molar-refractivity contribution in [3.8, 4) is 5.69 Å². The number of amides is 1. The number of piperidine rings is 1. The summed E-state index contributed by atoms with van der Waals surface area (Å²) >= 11 is 3.47. The topological polar surface area (TPSA) is 63.1 Å². The highest BCUT2D eigenvalue weighted by Gasteiger charge is 2.34. The molecule has 2 aromatic carbocycles. The van der Waals surface area contributed by atoms with E-state index in [0.717, 1.165) is 48.3 Å². The van der Waals surface area contributed by atoms with Crippen LogP contribution in [0.1, 0.15) is 65.3 Å². The lowest BCUT2D eigenvalue weighted by Gasteiger charge is -2.27. The van der Waals surface area contributed by atoms with E-state index in [-0.39, 0.29) is 5.91 Å². The summed E-state index contributed by atoms with van der Waals surface area (Å²) < 4.78 is 2.83. The van der Waals surface area contributed by atoms with Gasteiger partial charge in [0.05, 0.1) is 11.4 Å². The third kappa shape index (κ3) is 4.79. The predicted octanol–water partition coefficient (Wildman–Crippen LogP) is 4.82. The number of halogens is 1. The molecule has 2 aliphatic rings. The van der Waals surface area contributed by atoms with Crippen molar-refractivity contribution < 1.29 is 4.79 Å². The van der Waals surface area contributed by atoms with Gasteiger partial charge in [0.1, 0.15) is 0 Å². The van der Waals surface area contributed by atoms with Gasteiger partial charge in [-0.15, -0.1) is 5.10 Å². The largest absolute Gasteiger partial charge is 0.346 e. The van der Waals surface area contributed by atoms with E-state index < -0.39 is 0 Å². The fourth-order valence-electron chi connectivity index (χ4n) is 4.45. The molecule has 32 heavy (non-hydrogen) atoms. The van der Waals surface area contributed by atoms with Gasteiger partial charge in [0.2, 0.25) is 0 Å². The number of hydrogen-bond donors (Lipinski definition) is 1. The van der Waals surface area contributed by atoms with Crippen LogP contribution in [0.2, 0.25) is 0 Å². The molecule has 3 aromatic rings. The van der Waals surface area contributed by atoms with E-state index in [1.54, 1.807) is 0 Å². The zero-order chi connectivity index (χ0) is 21.9. The lowest BCUT2D eigenvalue weighted by atomic mass is 10.0. The molecule has 1 amide bonds. The number of hydrogen-bond acceptors (Lipinski definition) is 4. The number of nitrogens with zero attached hydrogens (tertiary/aromatic N) is 4. The van der Waals surface area contributed by atoms with Crippen molar-refractivity contribution in [1.82, 2.24) is 25.2 Å². The molecule has 2 heterocycles. The summed E-state index contributed by atoms with van der Waals surface area (Å²) in [5, 5.41) is 11.7. The molecule has 1 saturated carbocycles. The second kappa shape index (κ2) is 9.55. The van der Waals surface area contributed by atoms with Crippen molar-refractivity contribution in [2.45, 2.75) is 51.1 Å². The molecule has 1 saturated heterocycles. The van der Waals surface area contributed by atoms with Crippen molar-refractivity contribution in [1.29, 1.82) is 0 Å². The van der Waals surface area contributed by atoms with E-state index >= 15 is 0 Å². The van der Waals surface area contributed by atoms with Gasteiger partial charge in [0.15, 0.2) is 5.69 Å². The van der Waals surface area contributed by atoms with Crippen LogP contribution in [0.3, 0.4) is 0 Å². The van der Waals surface area contributed by atoms with E-state index in [2.05, 4.69) is 54.7 Å². The molecule has 0 radical (unpaired) electrons. The van der Waals surface area contributed by atoms with E-state index in [4.69, 9.17) is 0 Å². The molecular weight excluding hydrogens is 466 g/mol. The standard InChI is InChI=1S/C25H28BrN5O/c26-21-10-12-22(13-11-21)31-24(18-8-9-18)23(28-29-31)25(32)27-16-19-6-2-3-7-20(19)17-30-14-4-1-5-15-30/h2-3,6-7,10-13,18H,1,4-5,8-9,14-17H2,(H,27,32). The quantitative estimate of drug-likeness (QED) is 0.512. The minimum atomic E-state index is -0.150. The summed E-state index contributed by atoms with van der Waals surface area (Å²) in [5.74, 6) is 0.198. The molecule has 0 unspecified atom stereocenters. The van der Waals surface area contributed by atoms with Crippen molar-refractivity contribution in [2.75, 3.05) is 13.1 Å². The number of aromatic nitrogens is 3. The van der Waals surface area contributed by atoms with Crippen LogP contribution in [-0.2, 0) is 13.1 Å². The van der Waals surface area contributed by atoms with Gasteiger partial charge in [0, 0.05) is 23.5 Å². The Hall–Kier alpha value is -2.51. The third-order valence-corrected chi connectivity index (χ3v) is 6.88. The average Bonchev–Trinajstić information content (AvgIpc) is 3.57. The van der Waals surface area contributed by atoms with E-state index in [9.17, 15) is 4.79 Å². The van der Waals surface area contributed by atoms with Gasteiger partial charge in [-0.2, -0.15) is 0 Å². The Balaban J connectivity index is 1.32. The number of rotatable bonds is 7. The number of benzene rings is 2. The Morgan fingerprint density at radius 3 is 2.44 bits per heavy atom. The van der Waals surface area contributed by atoms with Crippen molar-refractivity contribution in [3.05, 3.63) is 75.5 Å². The summed E-state index contributed by atoms with van der Waals surface area (Å²) in [4.78, 5) is 15.6. The van der Waals surface area contributed by atoms with E-state index in [1.807, 2.05) is 35.0 Å². The van der Waals surface area contributed by atoms with Gasteiger partial charge < -0.3 is 5.32 Å². The highest BCUT2D eigenvalue weighted by atomic mass is 79.9. The molecule has 0 spiro atoms. The Morgan fingerprint density at radius 1 is 1.00 bits per heavy atom. The van der Waals surface area contributed by atoms with Crippen LogP contribution in [0, 0.1) is 0 Å². The van der Waals surface area contributed by atoms with E-state index in [0.29, 0.717) is 18.2 Å². The molecule has 166 valence electrons. The molecule has 1 N–H and O–H groups in total. The minimum Gasteiger partial charge on any atom is -0.346 e. The van der Waals surface area contributed by atoms with Gasteiger partial charge in [0.25, 0.3) is 5.91 Å². The van der Waals surface area contributed by atoms with Crippen LogP contribution in [0.4, 0.5) is 0 Å². The van der Waals surface area contributed by atoms with Crippen LogP contribution in [-0.4, -0.2) is 38.9 Å². The van der Waals surface area contributed by atoms with Gasteiger partial charge in [-0.1, -0.05) is 51.8 Å². The average molecular weight is 494 g/mol. The van der Waals surface area contributed by atoms with Crippen molar-refractivity contribution in [2.24, 2.45) is 0 Å². The molecular formula is C25H28BrN5O. The summed E-state index contributed by atoms with van der Waals surface area (Å²) in [6.07, 6.45) is 6.03. The lowest BCUT2D eigenvalue weighted by Crippen LogP contribution is -2.30. The first-order valence-corrected chi connectivity index (χ1v) is 12.3. The fraction of sp³-hybridized carbons (Fsp3) is 0.400. The zero-order valence-corrected chi connectivity index (χ0v) is 19.7. The second-order valence-electron chi connectivity index (χ2n) is 8.77. The molecule has 6 nitrogen and oxygen atoms in total. The Morgan fingerprint density at radius 2 is 1.72 bits per heavy atom. The maximum atomic E-state index is 13.1. The SMILES string of the molecule is O=C(NCc1ccccc1CN1CCCCC1)c1nnn(-c2ccc(Br)cc2)c1C1CC1. The van der Waals surface area contributed by atoms with Crippen LogP contribution < -0.4 is 5.32 Å². The zero-order valence-electron chi connectivity index (χ0n) is 18.1. The summed E-state index contributed by atoms with van der Waals surface area (Å²) in [6, 6.07) is 16.3. The van der Waals surface area contributed by atoms with Crippen molar-refractivity contribution in [3.63, 3.8) is 0 Å². The number of carbonyl (C=O) groups is 1. The molecule has 0 bridgehead atoms. The van der Waals surface area contributed by atoms with Crippen LogP contribution in [0.25, 0.3) is 5.69 Å². The normalized spacial score (nSPS) is 16.8. The number of nitrogens with one attached hydrogen (secondary N) is 1. The molecule has 7 heteroatoms. The molecule has 0 atom stereocenters. The van der Waals surface area contributed by atoms with Gasteiger partial charge >= 0.3 is 0 Å². The maximum absolute atomic E-state index is 13.1. The highest BCUT2D eigenvalue weighted by Crippen LogP contribution is 2.42. The number of carbonyl (C=O) groups excluding carboxylic acids is 1. The smallest absolute Gasteiger partial charge is 0.274 e. The lowest BCUT2D eigenvalue weighted by molar-refractivity contribution is 0.0944. The van der Waals surface area contributed by atoms with Crippen LogP contribution >= 0.6 is 15.9 Å². The Labute approximate surface area is 197 Å². The minimum absolute atomic E-state index is 0.150. The first-order chi connectivity index (χ1) is 15.7. The Kier molecular flexibility index (Phi) is 6.37. The van der Waals surface area contributed by atoms with Gasteiger partial charge in [-0.3, -0.25) is 9.69 Å². The van der Waals surface area contributed by atoms with Crippen LogP contribution in [0.5, 0.6) is 0 Å². The summed E-state index contributed by atoms with van der Waals surface area (Å²) in [5.41, 5.74) is 4.75. The molecule has 1 aromatic heterocycles. The first-order valence-electron chi connectivity index (χ1n) is 11.5. The van der Waals surface area contributed by atoms with Crippen molar-refractivity contribution >= 4 is 21.8 Å². The first kappa shape index (κ1) is 21.3. The molecule has 2 fully saturated rings. The Bertz CT molecular complexity index is 1080. The molecule has 5 rings (SSSR count). The number of likely N-dealkylation sites (tertiary alicyclic amines) is 1. The summed E-state index contributed by atoms with van der Waals surface area (Å²) in [6.45, 7) is 3.76. The molecule has 1 aliphatic heterocycles. The fourth-order valence-corrected chi connectivity index (χ4v) is 4.71. The molecule has 1 aliphatic carbocycles. The van der Waals surface area contributed by atoms with Crippen LogP contribution in [0.15, 0.2) is 53.0 Å². The maximum Gasteiger partial charge on any atom is 0.274 e. The highest BCUT2D eigenvalue weighted by molar-refractivity contribution is 9.10. The van der Waals surface area contributed by atoms with Gasteiger partial charge in [-0.25, -0.2) is 4.68 Å². The van der Waals surface area contributed by atoms with E-state index in [1.165, 1.54) is 30.4 Å². The summed E-state index contributed by atoms with van der Waals surface area (Å²) in [7, 11) is 0. The van der Waals surface area contributed by atoms with Gasteiger partial charge in [-0.05, 0) is 74.2 Å². The second-order valence-corrected chi connectivity index (χ2v) is 9.69. The monoisotopic (exact) mass is 493 g/mol.